The van der Waals surface area contributed by atoms with Gasteiger partial charge in [-0.25, -0.2) is 0 Å². The van der Waals surface area contributed by atoms with Gasteiger partial charge < -0.3 is 14.2 Å². The van der Waals surface area contributed by atoms with Crippen molar-refractivity contribution in [2.24, 2.45) is 0 Å². The Kier molecular flexibility index (Phi) is 8.20. The minimum Gasteiger partial charge on any atom is -0.497 e. The van der Waals surface area contributed by atoms with Crippen molar-refractivity contribution in [1.29, 1.82) is 0 Å². The van der Waals surface area contributed by atoms with Gasteiger partial charge in [-0.3, -0.25) is 4.79 Å². The Morgan fingerprint density at radius 2 is 1.55 bits per heavy atom. The number of hydrogen-bond donors (Lipinski definition) is 0. The molecular weight excluding hydrogens is 280 g/mol. The molecule has 0 saturated heterocycles. The van der Waals surface area contributed by atoms with E-state index < -0.39 is 0 Å². The van der Waals surface area contributed by atoms with E-state index in [0.717, 1.165) is 11.5 Å². The Morgan fingerprint density at radius 1 is 0.955 bits per heavy atom. The predicted octanol–water partition coefficient (Wildman–Crippen LogP) is 3.84. The topological polar surface area (TPSA) is 44.8 Å². The molecule has 4 heteroatoms. The van der Waals surface area contributed by atoms with Crippen molar-refractivity contribution in [2.45, 2.75) is 20.5 Å². The largest absolute Gasteiger partial charge is 0.497 e. The van der Waals surface area contributed by atoms with Crippen molar-refractivity contribution < 1.29 is 19.0 Å². The summed E-state index contributed by atoms with van der Waals surface area (Å²) in [6, 6.07) is 17.7. The van der Waals surface area contributed by atoms with Crippen molar-refractivity contribution in [2.75, 3.05) is 13.7 Å². The molecule has 0 saturated carbocycles. The smallest absolute Gasteiger partial charge is 0.302 e. The molecule has 0 fully saturated rings. The summed E-state index contributed by atoms with van der Waals surface area (Å²) in [6.07, 6.45) is 0. The zero-order chi connectivity index (χ0) is 16.2. The van der Waals surface area contributed by atoms with Crippen molar-refractivity contribution in [3.63, 3.8) is 0 Å². The molecular formula is C18H22O4. The molecule has 0 radical (unpaired) electrons. The quantitative estimate of drug-likeness (QED) is 0.787. The molecule has 0 aliphatic rings. The first-order valence-corrected chi connectivity index (χ1v) is 7.09. The Bertz CT molecular complexity index is 535. The van der Waals surface area contributed by atoms with Crippen LogP contribution in [0.4, 0.5) is 0 Å². The molecule has 2 aromatic carbocycles. The molecule has 0 aromatic heterocycles. The molecule has 0 spiro atoms. The fraction of sp³-hybridized carbons (Fsp3) is 0.278. The summed E-state index contributed by atoms with van der Waals surface area (Å²) < 4.78 is 15.1. The number of esters is 1. The van der Waals surface area contributed by atoms with Crippen LogP contribution in [0.2, 0.25) is 0 Å². The third-order valence-corrected chi connectivity index (χ3v) is 2.66. The van der Waals surface area contributed by atoms with E-state index in [1.165, 1.54) is 12.5 Å². The van der Waals surface area contributed by atoms with Crippen molar-refractivity contribution in [3.8, 4) is 11.5 Å². The molecule has 0 heterocycles. The Hall–Kier alpha value is -2.49. The summed E-state index contributed by atoms with van der Waals surface area (Å²) in [5, 5.41) is 0. The Balaban J connectivity index is 0.000000346. The molecule has 0 bridgehead atoms. The van der Waals surface area contributed by atoms with Crippen LogP contribution in [0.5, 0.6) is 11.5 Å². The average Bonchev–Trinajstić information content (AvgIpc) is 2.55. The van der Waals surface area contributed by atoms with Crippen LogP contribution in [-0.4, -0.2) is 19.7 Å². The second-order valence-corrected chi connectivity index (χ2v) is 4.37. The summed E-state index contributed by atoms with van der Waals surface area (Å²) in [7, 11) is 1.65. The first kappa shape index (κ1) is 17.6. The maximum Gasteiger partial charge on any atom is 0.302 e. The lowest BCUT2D eigenvalue weighted by Gasteiger charge is -2.06. The molecule has 0 amide bonds. The second-order valence-electron chi connectivity index (χ2n) is 4.37. The number of ether oxygens (including phenoxy) is 3. The number of methoxy groups -OCH3 is 1. The summed E-state index contributed by atoms with van der Waals surface area (Å²) >= 11 is 0. The van der Waals surface area contributed by atoms with E-state index in [9.17, 15) is 4.79 Å². The van der Waals surface area contributed by atoms with E-state index in [1.54, 1.807) is 14.0 Å². The maximum absolute atomic E-state index is 9.82. The highest BCUT2D eigenvalue weighted by Crippen LogP contribution is 2.18. The van der Waals surface area contributed by atoms with Gasteiger partial charge >= 0.3 is 5.97 Å². The molecule has 0 atom stereocenters. The van der Waals surface area contributed by atoms with Crippen LogP contribution < -0.4 is 9.47 Å². The van der Waals surface area contributed by atoms with Crippen LogP contribution in [0.3, 0.4) is 0 Å². The fourth-order valence-electron chi connectivity index (χ4n) is 1.62. The van der Waals surface area contributed by atoms with E-state index >= 15 is 0 Å². The average molecular weight is 302 g/mol. The van der Waals surface area contributed by atoms with Crippen LogP contribution >= 0.6 is 0 Å². The standard InChI is InChI=1S/C14H14O2.C4H8O2/c1-15-13-7-9-14(10-8-13)16-11-12-5-3-2-4-6-12;1-3-6-4(2)5/h2-10H,11H2,1H3;3H2,1-2H3. The minimum absolute atomic E-state index is 0.211. The third-order valence-electron chi connectivity index (χ3n) is 2.66. The third kappa shape index (κ3) is 7.33. The number of hydrogen-bond acceptors (Lipinski definition) is 4. The van der Waals surface area contributed by atoms with Crippen molar-refractivity contribution in [1.82, 2.24) is 0 Å². The lowest BCUT2D eigenvalue weighted by molar-refractivity contribution is -0.140. The van der Waals surface area contributed by atoms with E-state index in [1.807, 2.05) is 54.6 Å². The van der Waals surface area contributed by atoms with Gasteiger partial charge in [-0.2, -0.15) is 0 Å². The normalized spacial score (nSPS) is 9.23. The van der Waals surface area contributed by atoms with E-state index in [0.29, 0.717) is 13.2 Å². The van der Waals surface area contributed by atoms with Crippen LogP contribution in [0.25, 0.3) is 0 Å². The molecule has 22 heavy (non-hydrogen) atoms. The van der Waals surface area contributed by atoms with Crippen molar-refractivity contribution in [3.05, 3.63) is 60.2 Å². The number of carbonyl (C=O) groups excluding carboxylic acids is 1. The lowest BCUT2D eigenvalue weighted by atomic mass is 10.2. The van der Waals surface area contributed by atoms with Crippen LogP contribution in [0.1, 0.15) is 19.4 Å². The molecule has 0 aliphatic heterocycles. The minimum atomic E-state index is -0.211. The van der Waals surface area contributed by atoms with Gasteiger partial charge in [0.05, 0.1) is 13.7 Å². The molecule has 0 unspecified atom stereocenters. The summed E-state index contributed by atoms with van der Waals surface area (Å²) in [5.41, 5.74) is 1.17. The zero-order valence-corrected chi connectivity index (χ0v) is 13.2. The highest BCUT2D eigenvalue weighted by molar-refractivity contribution is 5.65. The number of carbonyl (C=O) groups is 1. The first-order chi connectivity index (χ1) is 10.7. The first-order valence-electron chi connectivity index (χ1n) is 7.09. The van der Waals surface area contributed by atoms with Crippen LogP contribution in [0.15, 0.2) is 54.6 Å². The van der Waals surface area contributed by atoms with Gasteiger partial charge in [0.1, 0.15) is 18.1 Å². The van der Waals surface area contributed by atoms with Crippen LogP contribution in [0, 0.1) is 0 Å². The maximum atomic E-state index is 9.82. The van der Waals surface area contributed by atoms with Gasteiger partial charge in [-0.1, -0.05) is 30.3 Å². The molecule has 0 N–H and O–H groups in total. The highest BCUT2D eigenvalue weighted by atomic mass is 16.5. The molecule has 4 nitrogen and oxygen atoms in total. The van der Waals surface area contributed by atoms with Gasteiger partial charge in [-0.15, -0.1) is 0 Å². The zero-order valence-electron chi connectivity index (χ0n) is 13.2. The van der Waals surface area contributed by atoms with Crippen molar-refractivity contribution >= 4 is 5.97 Å². The van der Waals surface area contributed by atoms with Gasteiger partial charge in [0.25, 0.3) is 0 Å². The van der Waals surface area contributed by atoms with E-state index in [-0.39, 0.29) is 5.97 Å². The lowest BCUT2D eigenvalue weighted by Crippen LogP contribution is -1.95. The predicted molar refractivity (Wildman–Crippen MR) is 86.1 cm³/mol. The summed E-state index contributed by atoms with van der Waals surface area (Å²) in [6.45, 7) is 4.24. The SMILES string of the molecule is CCOC(C)=O.COc1ccc(OCc2ccccc2)cc1. The summed E-state index contributed by atoms with van der Waals surface area (Å²) in [5.74, 6) is 1.48. The van der Waals surface area contributed by atoms with Crippen LogP contribution in [-0.2, 0) is 16.1 Å². The van der Waals surface area contributed by atoms with Gasteiger partial charge in [0.2, 0.25) is 0 Å². The number of rotatable bonds is 5. The van der Waals surface area contributed by atoms with Gasteiger partial charge in [0, 0.05) is 6.92 Å². The molecule has 118 valence electrons. The molecule has 2 aromatic rings. The summed E-state index contributed by atoms with van der Waals surface area (Å²) in [4.78, 5) is 9.82. The monoisotopic (exact) mass is 302 g/mol. The second kappa shape index (κ2) is 10.3. The molecule has 2 rings (SSSR count). The Labute approximate surface area is 131 Å². The van der Waals surface area contributed by atoms with Gasteiger partial charge in [0.15, 0.2) is 0 Å². The Morgan fingerprint density at radius 3 is 2.00 bits per heavy atom. The van der Waals surface area contributed by atoms with E-state index in [4.69, 9.17) is 9.47 Å². The van der Waals surface area contributed by atoms with E-state index in [2.05, 4.69) is 4.74 Å². The molecule has 0 aliphatic carbocycles. The van der Waals surface area contributed by atoms with Gasteiger partial charge in [-0.05, 0) is 36.8 Å². The fourth-order valence-corrected chi connectivity index (χ4v) is 1.62. The number of benzene rings is 2. The highest BCUT2D eigenvalue weighted by Gasteiger charge is 1.96.